The Morgan fingerprint density at radius 3 is 0.947 bits per heavy atom. The lowest BCUT2D eigenvalue weighted by Gasteiger charge is -2.15. The van der Waals surface area contributed by atoms with E-state index in [0.29, 0.717) is 0 Å². The predicted octanol–water partition coefficient (Wildman–Crippen LogP) is 14.4. The molecule has 38 heavy (non-hydrogen) atoms. The summed E-state index contributed by atoms with van der Waals surface area (Å²) in [7, 11) is 0. The second kappa shape index (κ2) is 29.7. The number of hydrogen-bond donors (Lipinski definition) is 0. The van der Waals surface area contributed by atoms with Crippen molar-refractivity contribution in [3.8, 4) is 0 Å². The van der Waals surface area contributed by atoms with Gasteiger partial charge in [0.25, 0.3) is 0 Å². The Bertz CT molecular complexity index is 463. The van der Waals surface area contributed by atoms with Crippen LogP contribution < -0.4 is 0 Å². The van der Waals surface area contributed by atoms with Gasteiger partial charge in [-0.15, -0.1) is 0 Å². The van der Waals surface area contributed by atoms with Crippen LogP contribution in [-0.2, 0) is 0 Å². The molecule has 0 aromatic carbocycles. The van der Waals surface area contributed by atoms with Crippen LogP contribution in [0, 0.1) is 17.8 Å². The normalized spacial score (nSPS) is 14.0. The molecule has 0 heterocycles. The molecule has 0 amide bonds. The van der Waals surface area contributed by atoms with Gasteiger partial charge in [-0.1, -0.05) is 207 Å². The maximum Gasteiger partial charge on any atom is -0.0211 e. The Hall–Kier alpha value is -0.260. The van der Waals surface area contributed by atoms with Crippen LogP contribution in [-0.4, -0.2) is 0 Å². The van der Waals surface area contributed by atoms with Crippen LogP contribution in [0.4, 0.5) is 0 Å². The highest BCUT2D eigenvalue weighted by Gasteiger charge is 2.07. The third kappa shape index (κ3) is 27.3. The minimum absolute atomic E-state index is 0.765. The molecule has 228 valence electrons. The summed E-state index contributed by atoms with van der Waals surface area (Å²) in [4.78, 5) is 0. The average molecular weight is 533 g/mol. The van der Waals surface area contributed by atoms with Crippen LogP contribution in [0.5, 0.6) is 0 Å². The molecular formula is C38H76. The second-order valence-electron chi connectivity index (χ2n) is 13.5. The van der Waals surface area contributed by atoms with Crippen molar-refractivity contribution in [2.45, 2.75) is 214 Å². The lowest BCUT2D eigenvalue weighted by atomic mass is 9.91. The summed E-state index contributed by atoms with van der Waals surface area (Å²) in [5.41, 5.74) is 1.39. The molecule has 2 unspecified atom stereocenters. The number of rotatable bonds is 31. The molecule has 0 saturated heterocycles. The average Bonchev–Trinajstić information content (AvgIpc) is 2.91. The molecule has 0 spiro atoms. The number of allylic oxidation sites excluding steroid dienone is 1. The van der Waals surface area contributed by atoms with E-state index in [2.05, 4.69) is 41.2 Å². The smallest absolute Gasteiger partial charge is 0.0211 e. The summed E-state index contributed by atoms with van der Waals surface area (Å²) >= 11 is 0. The summed E-state index contributed by atoms with van der Waals surface area (Å²) < 4.78 is 0. The van der Waals surface area contributed by atoms with Gasteiger partial charge in [0.2, 0.25) is 0 Å². The van der Waals surface area contributed by atoms with Gasteiger partial charge in [-0.25, -0.2) is 0 Å². The molecule has 0 N–H and O–H groups in total. The van der Waals surface area contributed by atoms with Crippen molar-refractivity contribution in [1.29, 1.82) is 0 Å². The van der Waals surface area contributed by atoms with Gasteiger partial charge in [0.05, 0.1) is 0 Å². The molecule has 0 aliphatic carbocycles. The molecular weight excluding hydrogens is 456 g/mol. The first-order chi connectivity index (χ1) is 18.5. The van der Waals surface area contributed by atoms with Crippen LogP contribution >= 0.6 is 0 Å². The number of hydrogen-bond acceptors (Lipinski definition) is 0. The lowest BCUT2D eigenvalue weighted by molar-refractivity contribution is 0.422. The monoisotopic (exact) mass is 533 g/mol. The minimum Gasteiger partial charge on any atom is -0.0999 e. The minimum atomic E-state index is 0.765. The van der Waals surface area contributed by atoms with E-state index in [1.165, 1.54) is 185 Å². The molecule has 3 atom stereocenters. The predicted molar refractivity (Wildman–Crippen MR) is 177 cm³/mol. The van der Waals surface area contributed by atoms with E-state index in [9.17, 15) is 0 Å². The van der Waals surface area contributed by atoms with Crippen LogP contribution in [0.25, 0.3) is 0 Å². The first-order valence-corrected chi connectivity index (χ1v) is 18.2. The van der Waals surface area contributed by atoms with Gasteiger partial charge in [0.1, 0.15) is 0 Å². The second-order valence-corrected chi connectivity index (χ2v) is 13.5. The van der Waals surface area contributed by atoms with E-state index < -0.39 is 0 Å². The highest BCUT2D eigenvalue weighted by molar-refractivity contribution is 4.95. The highest BCUT2D eigenvalue weighted by Crippen LogP contribution is 2.23. The van der Waals surface area contributed by atoms with Crippen LogP contribution in [0.2, 0.25) is 0 Å². The molecule has 0 fully saturated rings. The highest BCUT2D eigenvalue weighted by atomic mass is 14.1. The maximum atomic E-state index is 4.16. The van der Waals surface area contributed by atoms with Gasteiger partial charge in [-0.2, -0.15) is 0 Å². The van der Waals surface area contributed by atoms with E-state index in [-0.39, 0.29) is 0 Å². The van der Waals surface area contributed by atoms with Gasteiger partial charge in [-0.3, -0.25) is 0 Å². The summed E-state index contributed by atoms with van der Waals surface area (Å²) in [5, 5.41) is 0. The molecule has 0 saturated carbocycles. The zero-order chi connectivity index (χ0) is 28.1. The quantitative estimate of drug-likeness (QED) is 0.0615. The van der Waals surface area contributed by atoms with Gasteiger partial charge < -0.3 is 0 Å². The third-order valence-corrected chi connectivity index (χ3v) is 9.53. The molecule has 0 aromatic rings. The van der Waals surface area contributed by atoms with E-state index in [1.54, 1.807) is 0 Å². The Morgan fingerprint density at radius 2 is 0.658 bits per heavy atom. The maximum absolute atomic E-state index is 4.16. The van der Waals surface area contributed by atoms with Crippen molar-refractivity contribution < 1.29 is 0 Å². The number of unbranched alkanes of at least 4 members (excludes halogenated alkanes) is 20. The van der Waals surface area contributed by atoms with Crippen molar-refractivity contribution in [2.75, 3.05) is 0 Å². The zero-order valence-electron chi connectivity index (χ0n) is 27.7. The molecule has 0 aliphatic rings. The van der Waals surface area contributed by atoms with Crippen molar-refractivity contribution >= 4 is 0 Å². The van der Waals surface area contributed by atoms with Gasteiger partial charge in [-0.05, 0) is 37.5 Å². The fraction of sp³-hybridized carbons (Fsp3) is 0.947. The van der Waals surface area contributed by atoms with Crippen molar-refractivity contribution in [2.24, 2.45) is 17.8 Å². The van der Waals surface area contributed by atoms with E-state index in [4.69, 9.17) is 0 Å². The molecule has 0 bridgehead atoms. The summed E-state index contributed by atoms with van der Waals surface area (Å²) in [6.45, 7) is 15.9. The molecule has 0 aliphatic heterocycles. The molecule has 0 heteroatoms. The Kier molecular flexibility index (Phi) is 29.5. The van der Waals surface area contributed by atoms with Gasteiger partial charge in [0, 0.05) is 0 Å². The SMILES string of the molecule is C=C(C)[C@H](CC)CCCCCC(C)CCCCCCCCCCCCCCCCCCCCCC(C)CC. The third-order valence-electron chi connectivity index (χ3n) is 9.53. The molecule has 0 rings (SSSR count). The van der Waals surface area contributed by atoms with Crippen LogP contribution in [0.3, 0.4) is 0 Å². The fourth-order valence-corrected chi connectivity index (χ4v) is 6.20. The Labute approximate surface area is 244 Å². The summed E-state index contributed by atoms with van der Waals surface area (Å²) in [5.74, 6) is 2.65. The molecule has 0 radical (unpaired) electrons. The van der Waals surface area contributed by atoms with Crippen molar-refractivity contribution in [3.05, 3.63) is 12.2 Å². The van der Waals surface area contributed by atoms with Gasteiger partial charge >= 0.3 is 0 Å². The first kappa shape index (κ1) is 37.7. The van der Waals surface area contributed by atoms with Crippen LogP contribution in [0.1, 0.15) is 214 Å². The van der Waals surface area contributed by atoms with E-state index >= 15 is 0 Å². The van der Waals surface area contributed by atoms with E-state index in [1.807, 2.05) is 0 Å². The summed E-state index contributed by atoms with van der Waals surface area (Å²) in [6.07, 6.45) is 40.7. The van der Waals surface area contributed by atoms with Crippen LogP contribution in [0.15, 0.2) is 12.2 Å². The summed E-state index contributed by atoms with van der Waals surface area (Å²) in [6, 6.07) is 0. The molecule has 0 aromatic heterocycles. The largest absolute Gasteiger partial charge is 0.0999 e. The van der Waals surface area contributed by atoms with Crippen molar-refractivity contribution in [3.63, 3.8) is 0 Å². The first-order valence-electron chi connectivity index (χ1n) is 18.2. The molecule has 0 nitrogen and oxygen atoms in total. The standard InChI is InChI=1S/C38H76/c1-7-36(5)31-27-24-22-20-18-16-14-12-10-9-11-13-15-17-19-21-23-25-28-32-37(6)33-29-26-30-34-38(8-2)35(3)4/h36-38H,3,7-34H2,1-2,4-6H3/t36?,37?,38-/m1/s1. The Morgan fingerprint density at radius 1 is 0.395 bits per heavy atom. The van der Waals surface area contributed by atoms with Gasteiger partial charge in [0.15, 0.2) is 0 Å². The topological polar surface area (TPSA) is 0 Å². The Balaban J connectivity index is 3.20. The van der Waals surface area contributed by atoms with Crippen molar-refractivity contribution in [1.82, 2.24) is 0 Å². The lowest BCUT2D eigenvalue weighted by Crippen LogP contribution is -2.00. The fourth-order valence-electron chi connectivity index (χ4n) is 6.20. The zero-order valence-corrected chi connectivity index (χ0v) is 27.7. The van der Waals surface area contributed by atoms with E-state index in [0.717, 1.165) is 17.8 Å².